The summed E-state index contributed by atoms with van der Waals surface area (Å²) < 4.78 is 40.9. The summed E-state index contributed by atoms with van der Waals surface area (Å²) in [5, 5.41) is 7.56. The number of thiazole rings is 1. The van der Waals surface area contributed by atoms with E-state index in [1.165, 1.54) is 4.88 Å². The van der Waals surface area contributed by atoms with E-state index in [9.17, 15) is 13.2 Å². The number of hydrogen-bond donors (Lipinski definition) is 2. The van der Waals surface area contributed by atoms with Crippen LogP contribution in [0.5, 0.6) is 0 Å². The number of aromatic nitrogens is 1. The van der Waals surface area contributed by atoms with E-state index in [0.717, 1.165) is 30.0 Å². The van der Waals surface area contributed by atoms with E-state index >= 15 is 0 Å². The van der Waals surface area contributed by atoms with Gasteiger partial charge >= 0.3 is 6.18 Å². The number of rotatable bonds is 9. The van der Waals surface area contributed by atoms with Crippen LogP contribution in [-0.4, -0.2) is 37.3 Å². The molecule has 0 amide bonds. The number of alkyl halides is 3. The number of benzene rings is 1. The van der Waals surface area contributed by atoms with Crippen LogP contribution in [0.1, 0.15) is 27.9 Å². The molecule has 9 heteroatoms. The maximum Gasteiger partial charge on any atom is 0.411 e. The summed E-state index contributed by atoms with van der Waals surface area (Å²) in [7, 11) is 1.70. The van der Waals surface area contributed by atoms with Crippen molar-refractivity contribution in [2.45, 2.75) is 39.1 Å². The van der Waals surface area contributed by atoms with E-state index in [-0.39, 0.29) is 6.61 Å². The maximum absolute atomic E-state index is 12.1. The fraction of sp³-hybridized carbons (Fsp3) is 0.474. The van der Waals surface area contributed by atoms with Crippen LogP contribution in [0.25, 0.3) is 0 Å². The number of guanidine groups is 1. The lowest BCUT2D eigenvalue weighted by Gasteiger charge is -2.12. The van der Waals surface area contributed by atoms with E-state index in [1.54, 1.807) is 30.5 Å². The van der Waals surface area contributed by atoms with Gasteiger partial charge in [0.2, 0.25) is 0 Å². The van der Waals surface area contributed by atoms with E-state index in [2.05, 4.69) is 32.3 Å². The molecule has 0 saturated carbocycles. The molecule has 28 heavy (non-hydrogen) atoms. The van der Waals surface area contributed by atoms with Gasteiger partial charge in [0.25, 0.3) is 0 Å². The van der Waals surface area contributed by atoms with Crippen molar-refractivity contribution in [1.29, 1.82) is 0 Å². The van der Waals surface area contributed by atoms with Crippen molar-refractivity contribution >= 4 is 17.3 Å². The minimum absolute atomic E-state index is 0.0626. The van der Waals surface area contributed by atoms with Gasteiger partial charge < -0.3 is 15.4 Å². The van der Waals surface area contributed by atoms with Gasteiger partial charge in [0.1, 0.15) is 6.61 Å². The average molecular weight is 414 g/mol. The zero-order valence-electron chi connectivity index (χ0n) is 16.0. The summed E-state index contributed by atoms with van der Waals surface area (Å²) in [6.45, 7) is 2.10. The molecule has 2 aromatic rings. The third kappa shape index (κ3) is 8.26. The standard InChI is InChI=1S/C19H25F3N4OS/c1-3-16-11-25-17(28-16)8-9-24-18(23-2)26-10-14-4-6-15(7-5-14)12-27-13-19(20,21)22/h4-7,11H,3,8-10,12-13H2,1-2H3,(H2,23,24,26). The number of hydrogen-bond acceptors (Lipinski definition) is 4. The van der Waals surface area contributed by atoms with Crippen molar-refractivity contribution in [2.75, 3.05) is 20.2 Å². The quantitative estimate of drug-likeness (QED) is 0.485. The Hall–Kier alpha value is -2.13. The molecular formula is C19H25F3N4OS. The first-order valence-corrected chi connectivity index (χ1v) is 9.81. The zero-order chi connectivity index (χ0) is 20.4. The average Bonchev–Trinajstić information content (AvgIpc) is 3.12. The van der Waals surface area contributed by atoms with Crippen molar-refractivity contribution in [3.8, 4) is 0 Å². The van der Waals surface area contributed by atoms with Crippen LogP contribution in [0.2, 0.25) is 0 Å². The van der Waals surface area contributed by atoms with Crippen LogP contribution < -0.4 is 10.6 Å². The molecule has 0 aliphatic rings. The normalized spacial score (nSPS) is 12.2. The summed E-state index contributed by atoms with van der Waals surface area (Å²) in [4.78, 5) is 9.86. The molecule has 0 spiro atoms. The van der Waals surface area contributed by atoms with Crippen molar-refractivity contribution in [2.24, 2.45) is 4.99 Å². The Kier molecular flexibility index (Phi) is 8.72. The summed E-state index contributed by atoms with van der Waals surface area (Å²) in [6, 6.07) is 7.23. The number of nitrogens with zero attached hydrogens (tertiary/aromatic N) is 2. The Morgan fingerprint density at radius 1 is 1.18 bits per heavy atom. The lowest BCUT2D eigenvalue weighted by molar-refractivity contribution is -0.176. The fourth-order valence-corrected chi connectivity index (χ4v) is 3.22. The third-order valence-electron chi connectivity index (χ3n) is 3.82. The topological polar surface area (TPSA) is 58.5 Å². The Morgan fingerprint density at radius 2 is 1.89 bits per heavy atom. The molecule has 0 saturated heterocycles. The number of aliphatic imine (C=N–C) groups is 1. The molecule has 2 rings (SSSR count). The first kappa shape index (κ1) is 22.2. The molecule has 0 aliphatic carbocycles. The third-order valence-corrected chi connectivity index (χ3v) is 5.02. The van der Waals surface area contributed by atoms with E-state index < -0.39 is 12.8 Å². The lowest BCUT2D eigenvalue weighted by atomic mass is 10.1. The van der Waals surface area contributed by atoms with Crippen LogP contribution in [0.15, 0.2) is 35.5 Å². The molecule has 0 bridgehead atoms. The van der Waals surface area contributed by atoms with Crippen molar-refractivity contribution in [1.82, 2.24) is 15.6 Å². The Balaban J connectivity index is 1.70. The summed E-state index contributed by atoms with van der Waals surface area (Å²) in [6.07, 6.45) is -0.547. The SMILES string of the molecule is CCc1cnc(CCNC(=NC)NCc2ccc(COCC(F)(F)F)cc2)s1. The molecule has 0 unspecified atom stereocenters. The molecule has 154 valence electrons. The van der Waals surface area contributed by atoms with Gasteiger partial charge in [-0.05, 0) is 17.5 Å². The van der Waals surface area contributed by atoms with Crippen LogP contribution >= 0.6 is 11.3 Å². The molecule has 1 aromatic heterocycles. The Labute approximate surface area is 167 Å². The highest BCUT2D eigenvalue weighted by Gasteiger charge is 2.27. The highest BCUT2D eigenvalue weighted by Crippen LogP contribution is 2.16. The number of nitrogens with one attached hydrogen (secondary N) is 2. The van der Waals surface area contributed by atoms with Gasteiger partial charge in [-0.3, -0.25) is 4.99 Å². The lowest BCUT2D eigenvalue weighted by Crippen LogP contribution is -2.37. The minimum Gasteiger partial charge on any atom is -0.367 e. The summed E-state index contributed by atoms with van der Waals surface area (Å²) >= 11 is 1.73. The van der Waals surface area contributed by atoms with Crippen molar-refractivity contribution in [3.05, 3.63) is 51.5 Å². The molecule has 0 fully saturated rings. The molecule has 0 radical (unpaired) electrons. The number of aryl methyl sites for hydroxylation is 1. The second-order valence-electron chi connectivity index (χ2n) is 6.10. The van der Waals surface area contributed by atoms with Gasteiger partial charge in [-0.2, -0.15) is 13.2 Å². The second-order valence-corrected chi connectivity index (χ2v) is 7.30. The monoisotopic (exact) mass is 414 g/mol. The first-order valence-electron chi connectivity index (χ1n) is 9.00. The minimum atomic E-state index is -4.30. The largest absolute Gasteiger partial charge is 0.411 e. The summed E-state index contributed by atoms with van der Waals surface area (Å²) in [5.41, 5.74) is 1.69. The molecule has 0 aliphatic heterocycles. The number of ether oxygens (including phenoxy) is 1. The van der Waals surface area contributed by atoms with Gasteiger partial charge in [-0.25, -0.2) is 4.98 Å². The Morgan fingerprint density at radius 3 is 2.50 bits per heavy atom. The van der Waals surface area contributed by atoms with Gasteiger partial charge in [-0.15, -0.1) is 11.3 Å². The predicted molar refractivity (Wildman–Crippen MR) is 106 cm³/mol. The number of halogens is 3. The van der Waals surface area contributed by atoms with Crippen molar-refractivity contribution in [3.63, 3.8) is 0 Å². The highest BCUT2D eigenvalue weighted by molar-refractivity contribution is 7.11. The van der Waals surface area contributed by atoms with Crippen molar-refractivity contribution < 1.29 is 17.9 Å². The first-order chi connectivity index (χ1) is 13.4. The van der Waals surface area contributed by atoms with Crippen LogP contribution in [0.3, 0.4) is 0 Å². The molecule has 0 atom stereocenters. The van der Waals surface area contributed by atoms with Crippen LogP contribution in [0.4, 0.5) is 13.2 Å². The second kappa shape index (κ2) is 11.0. The molecule has 1 aromatic carbocycles. The smallest absolute Gasteiger partial charge is 0.367 e. The van der Waals surface area contributed by atoms with Crippen LogP contribution in [0, 0.1) is 0 Å². The maximum atomic E-state index is 12.1. The molecular weight excluding hydrogens is 389 g/mol. The zero-order valence-corrected chi connectivity index (χ0v) is 16.8. The molecule has 1 heterocycles. The summed E-state index contributed by atoms with van der Waals surface area (Å²) in [5.74, 6) is 0.685. The molecule has 2 N–H and O–H groups in total. The predicted octanol–water partition coefficient (Wildman–Crippen LogP) is 3.69. The van der Waals surface area contributed by atoms with E-state index in [0.29, 0.717) is 18.1 Å². The van der Waals surface area contributed by atoms with E-state index in [4.69, 9.17) is 0 Å². The fourth-order valence-electron chi connectivity index (χ4n) is 2.36. The molecule has 5 nitrogen and oxygen atoms in total. The van der Waals surface area contributed by atoms with Gasteiger partial charge in [0, 0.05) is 37.6 Å². The van der Waals surface area contributed by atoms with Gasteiger partial charge in [0.15, 0.2) is 5.96 Å². The van der Waals surface area contributed by atoms with Gasteiger partial charge in [0.05, 0.1) is 11.6 Å². The Bertz CT molecular complexity index is 744. The van der Waals surface area contributed by atoms with E-state index in [1.807, 2.05) is 18.3 Å². The van der Waals surface area contributed by atoms with Crippen LogP contribution in [-0.2, 0) is 30.7 Å². The highest BCUT2D eigenvalue weighted by atomic mass is 32.1. The van der Waals surface area contributed by atoms with Gasteiger partial charge in [-0.1, -0.05) is 31.2 Å².